The van der Waals surface area contributed by atoms with Crippen LogP contribution >= 0.6 is 0 Å². The van der Waals surface area contributed by atoms with Gasteiger partial charge in [0.15, 0.2) is 0 Å². The fourth-order valence-electron chi connectivity index (χ4n) is 1.52. The first-order valence-electron chi connectivity index (χ1n) is 5.32. The number of rotatable bonds is 5. The number of methoxy groups -OCH3 is 1. The first kappa shape index (κ1) is 11.5. The van der Waals surface area contributed by atoms with Crippen molar-refractivity contribution in [3.05, 3.63) is 23.8 Å². The highest BCUT2D eigenvalue weighted by Gasteiger charge is 2.11. The van der Waals surface area contributed by atoms with E-state index in [2.05, 4.69) is 37.4 Å². The van der Waals surface area contributed by atoms with Gasteiger partial charge in [0.2, 0.25) is 0 Å². The van der Waals surface area contributed by atoms with Crippen molar-refractivity contribution in [1.82, 2.24) is 5.32 Å². The number of allylic oxidation sites excluding steroid dienone is 2. The van der Waals surface area contributed by atoms with Crippen molar-refractivity contribution in [2.75, 3.05) is 26.8 Å². The molecule has 2 unspecified atom stereocenters. The quantitative estimate of drug-likeness (QED) is 0.677. The third kappa shape index (κ3) is 3.64. The Morgan fingerprint density at radius 2 is 2.14 bits per heavy atom. The van der Waals surface area contributed by atoms with Crippen LogP contribution in [0.4, 0.5) is 0 Å². The van der Waals surface area contributed by atoms with Crippen LogP contribution < -0.4 is 5.32 Å². The minimum atomic E-state index is 0.666. The first-order chi connectivity index (χ1) is 6.74. The minimum absolute atomic E-state index is 0.666. The van der Waals surface area contributed by atoms with Crippen LogP contribution in [0.1, 0.15) is 13.8 Å². The molecule has 0 aromatic heterocycles. The smallest absolute Gasteiger partial charge is 0.0587 e. The Morgan fingerprint density at radius 3 is 2.79 bits per heavy atom. The fourth-order valence-corrected chi connectivity index (χ4v) is 1.52. The molecule has 80 valence electrons. The Hall–Kier alpha value is -0.600. The van der Waals surface area contributed by atoms with Crippen molar-refractivity contribution in [3.8, 4) is 0 Å². The third-order valence-electron chi connectivity index (χ3n) is 2.73. The maximum atomic E-state index is 4.97. The molecule has 1 N–H and O–H groups in total. The predicted octanol–water partition coefficient (Wildman–Crippen LogP) is 1.99. The van der Waals surface area contributed by atoms with E-state index in [-0.39, 0.29) is 0 Å². The average molecular weight is 195 g/mol. The van der Waals surface area contributed by atoms with Gasteiger partial charge in [0.05, 0.1) is 6.61 Å². The summed E-state index contributed by atoms with van der Waals surface area (Å²) in [5.74, 6) is 1.34. The second-order valence-electron chi connectivity index (χ2n) is 3.99. The van der Waals surface area contributed by atoms with E-state index in [1.807, 2.05) is 0 Å². The molecule has 0 aromatic carbocycles. The molecule has 0 radical (unpaired) electrons. The van der Waals surface area contributed by atoms with Gasteiger partial charge >= 0.3 is 0 Å². The van der Waals surface area contributed by atoms with Gasteiger partial charge in [-0.1, -0.05) is 32.1 Å². The lowest BCUT2D eigenvalue weighted by Gasteiger charge is -2.19. The number of hydrogen-bond acceptors (Lipinski definition) is 2. The molecule has 1 aliphatic rings. The molecule has 0 bridgehead atoms. The molecular formula is C12H21NO. The van der Waals surface area contributed by atoms with Crippen LogP contribution in [0.2, 0.25) is 0 Å². The normalized spacial score (nSPS) is 26.4. The van der Waals surface area contributed by atoms with Gasteiger partial charge in [-0.05, 0) is 17.4 Å². The lowest BCUT2D eigenvalue weighted by atomic mass is 9.89. The summed E-state index contributed by atoms with van der Waals surface area (Å²) in [6.45, 7) is 7.18. The molecule has 1 rings (SSSR count). The van der Waals surface area contributed by atoms with Gasteiger partial charge < -0.3 is 10.1 Å². The van der Waals surface area contributed by atoms with E-state index in [1.165, 1.54) is 5.57 Å². The van der Waals surface area contributed by atoms with Gasteiger partial charge in [-0.2, -0.15) is 0 Å². The van der Waals surface area contributed by atoms with Crippen LogP contribution in [-0.2, 0) is 4.74 Å². The Balaban J connectivity index is 2.25. The second kappa shape index (κ2) is 5.99. The molecule has 0 amide bonds. The lowest BCUT2D eigenvalue weighted by Crippen LogP contribution is -2.22. The second-order valence-corrected chi connectivity index (χ2v) is 3.99. The highest BCUT2D eigenvalue weighted by molar-refractivity contribution is 5.26. The Morgan fingerprint density at radius 1 is 1.36 bits per heavy atom. The van der Waals surface area contributed by atoms with Crippen LogP contribution in [0.15, 0.2) is 23.8 Å². The zero-order chi connectivity index (χ0) is 10.4. The first-order valence-corrected chi connectivity index (χ1v) is 5.32. The SMILES string of the molecule is COCCNCC1=CC(C)C(C)C=C1. The van der Waals surface area contributed by atoms with Crippen molar-refractivity contribution in [3.63, 3.8) is 0 Å². The van der Waals surface area contributed by atoms with Crippen LogP contribution in [0, 0.1) is 11.8 Å². The molecule has 2 atom stereocenters. The summed E-state index contributed by atoms with van der Waals surface area (Å²) in [5, 5.41) is 3.35. The number of nitrogens with one attached hydrogen (secondary N) is 1. The number of hydrogen-bond donors (Lipinski definition) is 1. The fraction of sp³-hybridized carbons (Fsp3) is 0.667. The number of ether oxygens (including phenoxy) is 1. The molecule has 2 nitrogen and oxygen atoms in total. The zero-order valence-corrected chi connectivity index (χ0v) is 9.42. The van der Waals surface area contributed by atoms with E-state index in [9.17, 15) is 0 Å². The van der Waals surface area contributed by atoms with Crippen molar-refractivity contribution in [2.45, 2.75) is 13.8 Å². The van der Waals surface area contributed by atoms with Crippen molar-refractivity contribution < 1.29 is 4.74 Å². The van der Waals surface area contributed by atoms with E-state index in [1.54, 1.807) is 7.11 Å². The summed E-state index contributed by atoms with van der Waals surface area (Å²) in [7, 11) is 1.73. The maximum absolute atomic E-state index is 4.97. The van der Waals surface area contributed by atoms with Gasteiger partial charge in [0, 0.05) is 20.2 Å². The standard InChI is InChI=1S/C12H21NO/c1-10-4-5-12(8-11(10)2)9-13-6-7-14-3/h4-5,8,10-11,13H,6-7,9H2,1-3H3. The molecule has 0 fully saturated rings. The Bertz CT molecular complexity index is 220. The zero-order valence-electron chi connectivity index (χ0n) is 9.42. The average Bonchev–Trinajstić information content (AvgIpc) is 2.18. The molecule has 0 aromatic rings. The largest absolute Gasteiger partial charge is 0.383 e. The van der Waals surface area contributed by atoms with E-state index < -0.39 is 0 Å². The van der Waals surface area contributed by atoms with Gasteiger partial charge in [-0.25, -0.2) is 0 Å². The van der Waals surface area contributed by atoms with Gasteiger partial charge in [0.25, 0.3) is 0 Å². The molecule has 2 heteroatoms. The summed E-state index contributed by atoms with van der Waals surface area (Å²) >= 11 is 0. The molecule has 0 heterocycles. The predicted molar refractivity (Wildman–Crippen MR) is 60.3 cm³/mol. The molecule has 0 spiro atoms. The summed E-state index contributed by atoms with van der Waals surface area (Å²) in [6.07, 6.45) is 6.87. The van der Waals surface area contributed by atoms with Crippen molar-refractivity contribution in [2.24, 2.45) is 11.8 Å². The minimum Gasteiger partial charge on any atom is -0.383 e. The molecule has 0 aliphatic heterocycles. The highest BCUT2D eigenvalue weighted by Crippen LogP contribution is 2.21. The van der Waals surface area contributed by atoms with Gasteiger partial charge in [-0.15, -0.1) is 0 Å². The maximum Gasteiger partial charge on any atom is 0.0587 e. The van der Waals surface area contributed by atoms with Crippen molar-refractivity contribution >= 4 is 0 Å². The van der Waals surface area contributed by atoms with Crippen LogP contribution in [0.5, 0.6) is 0 Å². The summed E-state index contributed by atoms with van der Waals surface area (Å²) < 4.78 is 4.97. The lowest BCUT2D eigenvalue weighted by molar-refractivity contribution is 0.200. The van der Waals surface area contributed by atoms with Gasteiger partial charge in [0.1, 0.15) is 0 Å². The van der Waals surface area contributed by atoms with Crippen LogP contribution in [0.25, 0.3) is 0 Å². The van der Waals surface area contributed by atoms with Crippen LogP contribution in [0.3, 0.4) is 0 Å². The summed E-state index contributed by atoms with van der Waals surface area (Å²) in [5.41, 5.74) is 1.40. The summed E-state index contributed by atoms with van der Waals surface area (Å²) in [4.78, 5) is 0. The summed E-state index contributed by atoms with van der Waals surface area (Å²) in [6, 6.07) is 0. The molecule has 0 saturated heterocycles. The van der Waals surface area contributed by atoms with E-state index in [0.717, 1.165) is 19.7 Å². The van der Waals surface area contributed by atoms with Gasteiger partial charge in [-0.3, -0.25) is 0 Å². The molecule has 0 saturated carbocycles. The Labute approximate surface area is 87.0 Å². The van der Waals surface area contributed by atoms with E-state index in [0.29, 0.717) is 11.8 Å². The van der Waals surface area contributed by atoms with Crippen LogP contribution in [-0.4, -0.2) is 26.8 Å². The topological polar surface area (TPSA) is 21.3 Å². The highest BCUT2D eigenvalue weighted by atomic mass is 16.5. The van der Waals surface area contributed by atoms with Crippen molar-refractivity contribution in [1.29, 1.82) is 0 Å². The molecule has 1 aliphatic carbocycles. The monoisotopic (exact) mass is 195 g/mol. The van der Waals surface area contributed by atoms with E-state index in [4.69, 9.17) is 4.74 Å². The molecule has 14 heavy (non-hydrogen) atoms. The molecular weight excluding hydrogens is 174 g/mol. The Kier molecular flexibility index (Phi) is 4.91. The van der Waals surface area contributed by atoms with E-state index >= 15 is 0 Å². The third-order valence-corrected chi connectivity index (χ3v) is 2.73.